The summed E-state index contributed by atoms with van der Waals surface area (Å²) in [6.07, 6.45) is 0. The molecule has 0 unspecified atom stereocenters. The number of rotatable bonds is 8. The van der Waals surface area contributed by atoms with Crippen LogP contribution in [0.2, 0.25) is 5.02 Å². The van der Waals surface area contributed by atoms with E-state index in [1.165, 1.54) is 18.2 Å². The van der Waals surface area contributed by atoms with E-state index in [2.05, 4.69) is 0 Å². The molecule has 29 heavy (non-hydrogen) atoms. The van der Waals surface area contributed by atoms with Crippen molar-refractivity contribution in [1.82, 2.24) is 0 Å². The van der Waals surface area contributed by atoms with Crippen molar-refractivity contribution in [1.29, 1.82) is 0 Å². The highest BCUT2D eigenvalue weighted by atomic mass is 35.5. The molecule has 0 fully saturated rings. The van der Waals surface area contributed by atoms with Gasteiger partial charge in [0.05, 0.1) is 34.4 Å². The van der Waals surface area contributed by atoms with Crippen LogP contribution in [0.15, 0.2) is 47.4 Å². The number of nitrogens with zero attached hydrogens (tertiary/aromatic N) is 1. The molecule has 156 valence electrons. The maximum absolute atomic E-state index is 13.2. The minimum atomic E-state index is -4.28. The predicted molar refractivity (Wildman–Crippen MR) is 105 cm³/mol. The summed E-state index contributed by atoms with van der Waals surface area (Å²) in [7, 11) is -4.28. The number of anilines is 1. The van der Waals surface area contributed by atoms with Crippen LogP contribution in [0.5, 0.6) is 0 Å². The Morgan fingerprint density at radius 3 is 2.24 bits per heavy atom. The molecule has 0 saturated carbocycles. The smallest absolute Gasteiger partial charge is 0.339 e. The lowest BCUT2D eigenvalue weighted by molar-refractivity contribution is -0.141. The maximum atomic E-state index is 13.2. The molecule has 10 heteroatoms. The summed E-state index contributed by atoms with van der Waals surface area (Å²) < 4.78 is 50.0. The predicted octanol–water partition coefficient (Wildman–Crippen LogP) is 3.41. The first-order valence-electron chi connectivity index (χ1n) is 8.61. The van der Waals surface area contributed by atoms with Gasteiger partial charge < -0.3 is 9.47 Å². The second-order valence-corrected chi connectivity index (χ2v) is 7.92. The van der Waals surface area contributed by atoms with Gasteiger partial charge >= 0.3 is 11.9 Å². The molecule has 2 aromatic carbocycles. The minimum absolute atomic E-state index is 0.00479. The molecular formula is C19H19ClFNO6S. The van der Waals surface area contributed by atoms with Gasteiger partial charge in [0.1, 0.15) is 12.4 Å². The summed E-state index contributed by atoms with van der Waals surface area (Å²) in [6, 6.07) is 7.99. The van der Waals surface area contributed by atoms with Gasteiger partial charge in [-0.15, -0.1) is 0 Å². The van der Waals surface area contributed by atoms with Gasteiger partial charge in [0, 0.05) is 0 Å². The van der Waals surface area contributed by atoms with Gasteiger partial charge in [-0.2, -0.15) is 0 Å². The Kier molecular flexibility index (Phi) is 7.58. The van der Waals surface area contributed by atoms with Crippen molar-refractivity contribution in [3.63, 3.8) is 0 Å². The van der Waals surface area contributed by atoms with Crippen molar-refractivity contribution in [2.45, 2.75) is 18.7 Å². The van der Waals surface area contributed by atoms with Crippen LogP contribution in [0.1, 0.15) is 24.2 Å². The van der Waals surface area contributed by atoms with E-state index in [-0.39, 0.29) is 34.4 Å². The Hall–Kier alpha value is -2.65. The normalized spacial score (nSPS) is 11.0. The zero-order chi connectivity index (χ0) is 21.6. The van der Waals surface area contributed by atoms with Gasteiger partial charge in [-0.05, 0) is 56.3 Å². The third-order valence-electron chi connectivity index (χ3n) is 3.71. The van der Waals surface area contributed by atoms with E-state index in [1.807, 2.05) is 0 Å². The lowest BCUT2D eigenvalue weighted by atomic mass is 10.2. The van der Waals surface area contributed by atoms with Crippen LogP contribution in [0.25, 0.3) is 0 Å². The number of sulfonamides is 1. The van der Waals surface area contributed by atoms with E-state index in [0.29, 0.717) is 0 Å². The molecule has 0 aliphatic rings. The summed E-state index contributed by atoms with van der Waals surface area (Å²) in [5, 5.41) is 0.0578. The van der Waals surface area contributed by atoms with Gasteiger partial charge in [-0.25, -0.2) is 17.6 Å². The third-order valence-corrected chi connectivity index (χ3v) is 5.83. The number of hydrogen-bond acceptors (Lipinski definition) is 6. The van der Waals surface area contributed by atoms with Gasteiger partial charge in [0.15, 0.2) is 0 Å². The fraction of sp³-hybridized carbons (Fsp3) is 0.263. The fourth-order valence-electron chi connectivity index (χ4n) is 2.41. The number of ether oxygens (including phenoxy) is 2. The highest BCUT2D eigenvalue weighted by Crippen LogP contribution is 2.28. The molecule has 0 heterocycles. The second kappa shape index (κ2) is 9.71. The summed E-state index contributed by atoms with van der Waals surface area (Å²) in [5.74, 6) is -2.16. The van der Waals surface area contributed by atoms with Gasteiger partial charge in [-0.3, -0.25) is 9.10 Å². The molecule has 0 atom stereocenters. The van der Waals surface area contributed by atoms with Crippen molar-refractivity contribution >= 4 is 39.3 Å². The van der Waals surface area contributed by atoms with E-state index in [4.69, 9.17) is 21.1 Å². The highest BCUT2D eigenvalue weighted by Gasteiger charge is 2.29. The van der Waals surface area contributed by atoms with Crippen molar-refractivity contribution < 1.29 is 31.9 Å². The molecule has 0 radical (unpaired) electrons. The Morgan fingerprint density at radius 2 is 1.66 bits per heavy atom. The van der Waals surface area contributed by atoms with Crippen molar-refractivity contribution in [3.8, 4) is 0 Å². The number of benzene rings is 2. The van der Waals surface area contributed by atoms with Crippen LogP contribution in [0.3, 0.4) is 0 Å². The molecule has 2 aromatic rings. The zero-order valence-corrected chi connectivity index (χ0v) is 17.3. The molecule has 0 bridgehead atoms. The molecule has 7 nitrogen and oxygen atoms in total. The molecule has 0 aliphatic heterocycles. The Morgan fingerprint density at radius 1 is 1.03 bits per heavy atom. The summed E-state index contributed by atoms with van der Waals surface area (Å²) in [6.45, 7) is 2.69. The van der Waals surface area contributed by atoms with Gasteiger partial charge in [0.25, 0.3) is 10.0 Å². The highest BCUT2D eigenvalue weighted by molar-refractivity contribution is 7.92. The SMILES string of the molecule is CCOC(=O)CN(c1ccc(Cl)c(C(=O)OCC)c1)S(=O)(=O)c1ccc(F)cc1. The Balaban J connectivity index is 2.56. The quantitative estimate of drug-likeness (QED) is 0.581. The van der Waals surface area contributed by atoms with Crippen LogP contribution in [0.4, 0.5) is 10.1 Å². The molecule has 0 N–H and O–H groups in total. The molecule has 2 rings (SSSR count). The van der Waals surface area contributed by atoms with Crippen molar-refractivity contribution in [2.24, 2.45) is 0 Å². The standard InChI is InChI=1S/C19H19ClFNO6S/c1-3-27-18(23)12-22(29(25,26)15-8-5-13(21)6-9-15)14-7-10-17(20)16(11-14)19(24)28-4-2/h5-11H,3-4,12H2,1-2H3. The number of hydrogen-bond donors (Lipinski definition) is 0. The molecule has 0 spiro atoms. The minimum Gasteiger partial charge on any atom is -0.465 e. The Labute approximate surface area is 173 Å². The maximum Gasteiger partial charge on any atom is 0.339 e. The van der Waals surface area contributed by atoms with Gasteiger partial charge in [-0.1, -0.05) is 11.6 Å². The molecular weight excluding hydrogens is 425 g/mol. The third kappa shape index (κ3) is 5.45. The average molecular weight is 444 g/mol. The monoisotopic (exact) mass is 443 g/mol. The Bertz CT molecular complexity index is 994. The van der Waals surface area contributed by atoms with Crippen molar-refractivity contribution in [2.75, 3.05) is 24.1 Å². The second-order valence-electron chi connectivity index (χ2n) is 5.66. The number of esters is 2. The van der Waals surface area contributed by atoms with E-state index in [9.17, 15) is 22.4 Å². The lowest BCUT2D eigenvalue weighted by Crippen LogP contribution is -2.36. The van der Waals surface area contributed by atoms with Gasteiger partial charge in [0.2, 0.25) is 0 Å². The van der Waals surface area contributed by atoms with Crippen molar-refractivity contribution in [3.05, 3.63) is 58.9 Å². The van der Waals surface area contributed by atoms with Crippen LogP contribution in [-0.4, -0.2) is 40.1 Å². The number of halogens is 2. The largest absolute Gasteiger partial charge is 0.465 e. The first kappa shape index (κ1) is 22.6. The fourth-order valence-corrected chi connectivity index (χ4v) is 4.00. The van der Waals surface area contributed by atoms with Crippen LogP contribution in [0, 0.1) is 5.82 Å². The van der Waals surface area contributed by atoms with E-state index >= 15 is 0 Å². The summed E-state index contributed by atoms with van der Waals surface area (Å²) >= 11 is 6.03. The molecule has 0 aromatic heterocycles. The lowest BCUT2D eigenvalue weighted by Gasteiger charge is -2.24. The first-order valence-corrected chi connectivity index (χ1v) is 10.4. The summed E-state index contributed by atoms with van der Waals surface area (Å²) in [5.41, 5.74) is -0.0657. The summed E-state index contributed by atoms with van der Waals surface area (Å²) in [4.78, 5) is 23.9. The van der Waals surface area contributed by atoms with Crippen LogP contribution < -0.4 is 4.31 Å². The van der Waals surface area contributed by atoms with Crippen LogP contribution >= 0.6 is 11.6 Å². The average Bonchev–Trinajstić information content (AvgIpc) is 2.67. The number of carbonyl (C=O) groups is 2. The first-order chi connectivity index (χ1) is 13.7. The molecule has 0 amide bonds. The van der Waals surface area contributed by atoms with E-state index in [1.54, 1.807) is 13.8 Å². The topological polar surface area (TPSA) is 90.0 Å². The van der Waals surface area contributed by atoms with Crippen LogP contribution in [-0.2, 0) is 24.3 Å². The van der Waals surface area contributed by atoms with E-state index < -0.39 is 34.3 Å². The zero-order valence-electron chi connectivity index (χ0n) is 15.7. The molecule has 0 aliphatic carbocycles. The number of carbonyl (C=O) groups excluding carboxylic acids is 2. The van der Waals surface area contributed by atoms with E-state index in [0.717, 1.165) is 28.6 Å². The molecule has 0 saturated heterocycles.